The Morgan fingerprint density at radius 1 is 1.44 bits per heavy atom. The van der Waals surface area contributed by atoms with Crippen LogP contribution in [0.4, 0.5) is 5.69 Å². The fraction of sp³-hybridized carbons (Fsp3) is 0.417. The minimum atomic E-state index is -0.579. The van der Waals surface area contributed by atoms with Crippen LogP contribution in [0.25, 0.3) is 0 Å². The van der Waals surface area contributed by atoms with Crippen molar-refractivity contribution in [2.45, 2.75) is 13.8 Å². The molecule has 0 saturated heterocycles. The number of nitrogens with zero attached hydrogens (tertiary/aromatic N) is 1. The summed E-state index contributed by atoms with van der Waals surface area (Å²) in [6, 6.07) is 3.27. The number of anilines is 1. The van der Waals surface area contributed by atoms with Gasteiger partial charge in [-0.25, -0.2) is 0 Å². The molecule has 1 aromatic heterocycles. The first-order chi connectivity index (χ1) is 8.36. The van der Waals surface area contributed by atoms with Crippen LogP contribution in [-0.4, -0.2) is 30.4 Å². The molecule has 0 fully saturated rings. The number of primary amides is 1. The van der Waals surface area contributed by atoms with E-state index in [0.717, 1.165) is 0 Å². The first kappa shape index (κ1) is 14.0. The predicted octanol–water partition coefficient (Wildman–Crippen LogP) is 0.365. The maximum absolute atomic E-state index is 11.6. The predicted molar refractivity (Wildman–Crippen MR) is 69.1 cm³/mol. The molecule has 0 bridgehead atoms. The van der Waals surface area contributed by atoms with Crippen molar-refractivity contribution in [3.63, 3.8) is 0 Å². The molecule has 6 heteroatoms. The Kier molecular flexibility index (Phi) is 4.25. The van der Waals surface area contributed by atoms with Gasteiger partial charge in [-0.1, -0.05) is 0 Å². The van der Waals surface area contributed by atoms with Crippen molar-refractivity contribution >= 4 is 17.5 Å². The lowest BCUT2D eigenvalue weighted by Crippen LogP contribution is -2.39. The Balaban J connectivity index is 2.72. The second kappa shape index (κ2) is 5.48. The summed E-state index contributed by atoms with van der Waals surface area (Å²) in [6.45, 7) is 4.10. The molecule has 1 aromatic rings. The molecule has 0 spiro atoms. The fourth-order valence-corrected chi connectivity index (χ4v) is 1.42. The molecule has 6 nitrogen and oxygen atoms in total. The maximum atomic E-state index is 11.6. The third-order valence-electron chi connectivity index (χ3n) is 2.59. The van der Waals surface area contributed by atoms with E-state index in [1.54, 1.807) is 19.2 Å². The largest absolute Gasteiger partial charge is 0.384 e. The van der Waals surface area contributed by atoms with Gasteiger partial charge in [0.25, 0.3) is 5.91 Å². The smallest absolute Gasteiger partial charge is 0.267 e. The number of amides is 2. The number of hydrogen-bond donors (Lipinski definition) is 3. The van der Waals surface area contributed by atoms with Crippen LogP contribution >= 0.6 is 0 Å². The van der Waals surface area contributed by atoms with Crippen LogP contribution in [0.2, 0.25) is 0 Å². The molecule has 4 N–H and O–H groups in total. The maximum Gasteiger partial charge on any atom is 0.267 e. The van der Waals surface area contributed by atoms with Gasteiger partial charge in [0.05, 0.1) is 5.41 Å². The van der Waals surface area contributed by atoms with E-state index in [-0.39, 0.29) is 11.6 Å². The van der Waals surface area contributed by atoms with E-state index in [1.807, 2.05) is 13.8 Å². The van der Waals surface area contributed by atoms with Crippen molar-refractivity contribution in [1.82, 2.24) is 10.3 Å². The molecule has 0 aliphatic heterocycles. The quantitative estimate of drug-likeness (QED) is 0.703. The van der Waals surface area contributed by atoms with Gasteiger partial charge in [0.15, 0.2) is 0 Å². The second-order valence-electron chi connectivity index (χ2n) is 4.61. The van der Waals surface area contributed by atoms with Crippen LogP contribution in [0.15, 0.2) is 18.3 Å². The van der Waals surface area contributed by atoms with E-state index < -0.39 is 11.3 Å². The highest BCUT2D eigenvalue weighted by molar-refractivity contribution is 5.91. The second-order valence-corrected chi connectivity index (χ2v) is 4.61. The number of pyridine rings is 1. The number of nitrogens with two attached hydrogens (primary N) is 1. The van der Waals surface area contributed by atoms with Crippen molar-refractivity contribution in [3.8, 4) is 0 Å². The molecule has 0 aromatic carbocycles. The Bertz CT molecular complexity index is 457. The van der Waals surface area contributed by atoms with Crippen LogP contribution in [0.1, 0.15) is 24.3 Å². The summed E-state index contributed by atoms with van der Waals surface area (Å²) in [5.41, 5.74) is 5.49. The Labute approximate surface area is 106 Å². The van der Waals surface area contributed by atoms with Gasteiger partial charge in [0.2, 0.25) is 5.91 Å². The lowest BCUT2D eigenvalue weighted by atomic mass is 9.92. The molecule has 1 rings (SSSR count). The lowest BCUT2D eigenvalue weighted by Gasteiger charge is -2.23. The van der Waals surface area contributed by atoms with E-state index in [0.29, 0.717) is 12.2 Å². The Morgan fingerprint density at radius 3 is 2.67 bits per heavy atom. The molecule has 0 aliphatic carbocycles. The van der Waals surface area contributed by atoms with Gasteiger partial charge in [-0.15, -0.1) is 0 Å². The lowest BCUT2D eigenvalue weighted by molar-refractivity contribution is -0.128. The molecular formula is C12H18N4O2. The third-order valence-corrected chi connectivity index (χ3v) is 2.59. The van der Waals surface area contributed by atoms with Crippen LogP contribution < -0.4 is 16.4 Å². The highest BCUT2D eigenvalue weighted by atomic mass is 16.2. The number of carbonyl (C=O) groups excluding carboxylic acids is 2. The molecule has 0 atom stereocenters. The summed E-state index contributed by atoms with van der Waals surface area (Å²) in [5, 5.41) is 5.69. The summed E-state index contributed by atoms with van der Waals surface area (Å²) < 4.78 is 0. The van der Waals surface area contributed by atoms with Crippen LogP contribution in [-0.2, 0) is 4.79 Å². The molecule has 1 heterocycles. The average molecular weight is 250 g/mol. The van der Waals surface area contributed by atoms with E-state index in [1.165, 1.54) is 6.20 Å². The molecule has 98 valence electrons. The summed E-state index contributed by atoms with van der Waals surface area (Å²) >= 11 is 0. The number of aromatic nitrogens is 1. The van der Waals surface area contributed by atoms with Crippen molar-refractivity contribution in [3.05, 3.63) is 24.0 Å². The first-order valence-corrected chi connectivity index (χ1v) is 5.59. The number of rotatable bonds is 5. The Hall–Kier alpha value is -2.11. The zero-order chi connectivity index (χ0) is 13.8. The molecule has 0 unspecified atom stereocenters. The highest BCUT2D eigenvalue weighted by Crippen LogP contribution is 2.17. The van der Waals surface area contributed by atoms with Gasteiger partial charge in [-0.05, 0) is 26.0 Å². The monoisotopic (exact) mass is 250 g/mol. The van der Waals surface area contributed by atoms with Crippen LogP contribution in [0.3, 0.4) is 0 Å². The molecule has 0 saturated carbocycles. The summed E-state index contributed by atoms with van der Waals surface area (Å²) in [7, 11) is 1.60. The van der Waals surface area contributed by atoms with Gasteiger partial charge in [0.1, 0.15) is 5.69 Å². The molecule has 18 heavy (non-hydrogen) atoms. The summed E-state index contributed by atoms with van der Waals surface area (Å²) in [4.78, 5) is 26.4. The SMILES string of the molecule is CNC(=O)C(C)(C)CNc1ccnc(C(N)=O)c1. The van der Waals surface area contributed by atoms with Crippen LogP contribution in [0, 0.1) is 5.41 Å². The van der Waals surface area contributed by atoms with Gasteiger partial charge in [-0.2, -0.15) is 0 Å². The summed E-state index contributed by atoms with van der Waals surface area (Å²) in [5.74, 6) is -0.636. The molecule has 2 amide bonds. The highest BCUT2D eigenvalue weighted by Gasteiger charge is 2.26. The van der Waals surface area contributed by atoms with Gasteiger partial charge < -0.3 is 16.4 Å². The standard InChI is InChI=1S/C12H18N4O2/c1-12(2,11(18)14-3)7-16-8-4-5-15-9(6-8)10(13)17/h4-6H,7H2,1-3H3,(H2,13,17)(H,14,18)(H,15,16). The summed E-state index contributed by atoms with van der Waals surface area (Å²) in [6.07, 6.45) is 1.50. The number of carbonyl (C=O) groups is 2. The minimum absolute atomic E-state index is 0.0563. The zero-order valence-electron chi connectivity index (χ0n) is 10.8. The van der Waals surface area contributed by atoms with E-state index in [9.17, 15) is 9.59 Å². The minimum Gasteiger partial charge on any atom is -0.384 e. The van der Waals surface area contributed by atoms with Gasteiger partial charge in [0, 0.05) is 25.5 Å². The zero-order valence-corrected chi connectivity index (χ0v) is 10.8. The number of hydrogen-bond acceptors (Lipinski definition) is 4. The van der Waals surface area contributed by atoms with Crippen molar-refractivity contribution < 1.29 is 9.59 Å². The van der Waals surface area contributed by atoms with Crippen molar-refractivity contribution in [2.75, 3.05) is 18.9 Å². The molecular weight excluding hydrogens is 232 g/mol. The molecule has 0 aliphatic rings. The van der Waals surface area contributed by atoms with Crippen molar-refractivity contribution in [1.29, 1.82) is 0 Å². The van der Waals surface area contributed by atoms with E-state index in [4.69, 9.17) is 5.73 Å². The number of nitrogens with one attached hydrogen (secondary N) is 2. The Morgan fingerprint density at radius 2 is 2.11 bits per heavy atom. The van der Waals surface area contributed by atoms with E-state index in [2.05, 4.69) is 15.6 Å². The van der Waals surface area contributed by atoms with Gasteiger partial charge >= 0.3 is 0 Å². The normalized spacial score (nSPS) is 10.8. The van der Waals surface area contributed by atoms with E-state index >= 15 is 0 Å². The first-order valence-electron chi connectivity index (χ1n) is 5.59. The average Bonchev–Trinajstić information content (AvgIpc) is 2.35. The topological polar surface area (TPSA) is 97.1 Å². The third kappa shape index (κ3) is 3.44. The van der Waals surface area contributed by atoms with Crippen LogP contribution in [0.5, 0.6) is 0 Å². The van der Waals surface area contributed by atoms with Crippen molar-refractivity contribution in [2.24, 2.45) is 11.1 Å². The fourth-order valence-electron chi connectivity index (χ4n) is 1.42. The molecule has 0 radical (unpaired) electrons. The van der Waals surface area contributed by atoms with Gasteiger partial charge in [-0.3, -0.25) is 14.6 Å².